The van der Waals surface area contributed by atoms with Crippen molar-refractivity contribution < 1.29 is 53.8 Å². The molecular formula is C18H12F9NO3. The number of rotatable bonds is 6. The molecule has 0 radical (unpaired) electrons. The van der Waals surface area contributed by atoms with Gasteiger partial charge in [-0.2, -0.15) is 35.1 Å². The number of halogens is 9. The normalized spacial score (nSPS) is 13.5. The van der Waals surface area contributed by atoms with Gasteiger partial charge in [0, 0.05) is 5.56 Å². The van der Waals surface area contributed by atoms with Gasteiger partial charge in [0.2, 0.25) is 0 Å². The lowest BCUT2D eigenvalue weighted by Crippen LogP contribution is -2.45. The third kappa shape index (κ3) is 5.95. The van der Waals surface area contributed by atoms with Crippen LogP contribution in [0, 0.1) is 0 Å². The van der Waals surface area contributed by atoms with Gasteiger partial charge in [0.15, 0.2) is 0 Å². The Labute approximate surface area is 168 Å². The predicted octanol–water partition coefficient (Wildman–Crippen LogP) is 5.84. The van der Waals surface area contributed by atoms with Crippen molar-refractivity contribution in [3.05, 3.63) is 53.6 Å². The van der Waals surface area contributed by atoms with Crippen LogP contribution in [0.4, 0.5) is 45.2 Å². The molecule has 0 aliphatic rings. The molecule has 1 amide bonds. The molecule has 0 saturated heterocycles. The molecule has 31 heavy (non-hydrogen) atoms. The Kier molecular flexibility index (Phi) is 6.66. The summed E-state index contributed by atoms with van der Waals surface area (Å²) < 4.78 is 123. The summed E-state index contributed by atoms with van der Waals surface area (Å²) in [6.45, 7) is 0. The van der Waals surface area contributed by atoms with Gasteiger partial charge in [-0.15, -0.1) is 0 Å². The van der Waals surface area contributed by atoms with Crippen LogP contribution < -0.4 is 14.8 Å². The summed E-state index contributed by atoms with van der Waals surface area (Å²) in [5.74, 6) is -1.98. The van der Waals surface area contributed by atoms with E-state index >= 15 is 0 Å². The van der Waals surface area contributed by atoms with E-state index in [1.807, 2.05) is 0 Å². The van der Waals surface area contributed by atoms with Crippen LogP contribution in [0.1, 0.15) is 15.9 Å². The second kappa shape index (κ2) is 8.55. The lowest BCUT2D eigenvalue weighted by molar-refractivity contribution is -0.304. The highest BCUT2D eigenvalue weighted by molar-refractivity contribution is 6.05. The fourth-order valence-corrected chi connectivity index (χ4v) is 2.25. The standard InChI is InChI=1S/C18H12F9NO3/c1-30-13-7-4-10(16(20,21)22)8-12(13)28-14(29)9-2-5-11(6-3-9)31-18(26,27)15(19)17(23,24)25/h2-8,15H,1H3,(H,28,29). The summed E-state index contributed by atoms with van der Waals surface area (Å²) in [7, 11) is 1.14. The molecule has 2 aromatic carbocycles. The van der Waals surface area contributed by atoms with Gasteiger partial charge >= 0.3 is 18.5 Å². The van der Waals surface area contributed by atoms with E-state index in [4.69, 9.17) is 4.74 Å². The van der Waals surface area contributed by atoms with E-state index in [-0.39, 0.29) is 17.0 Å². The van der Waals surface area contributed by atoms with E-state index in [9.17, 15) is 44.3 Å². The molecule has 2 rings (SSSR count). The fourth-order valence-electron chi connectivity index (χ4n) is 2.25. The summed E-state index contributed by atoms with van der Waals surface area (Å²) in [4.78, 5) is 12.2. The Morgan fingerprint density at radius 1 is 0.935 bits per heavy atom. The Balaban J connectivity index is 2.18. The largest absolute Gasteiger partial charge is 0.495 e. The molecule has 0 saturated carbocycles. The molecular weight excluding hydrogens is 449 g/mol. The SMILES string of the molecule is COc1ccc(C(F)(F)F)cc1NC(=O)c1ccc(OC(F)(F)C(F)C(F)(F)F)cc1. The van der Waals surface area contributed by atoms with Crippen LogP contribution in [0.5, 0.6) is 11.5 Å². The molecule has 0 bridgehead atoms. The molecule has 0 aromatic heterocycles. The van der Waals surface area contributed by atoms with Crippen molar-refractivity contribution >= 4 is 11.6 Å². The van der Waals surface area contributed by atoms with E-state index in [2.05, 4.69) is 10.1 Å². The minimum Gasteiger partial charge on any atom is -0.495 e. The monoisotopic (exact) mass is 461 g/mol. The highest BCUT2D eigenvalue weighted by Crippen LogP contribution is 2.37. The molecule has 0 fully saturated rings. The Morgan fingerprint density at radius 3 is 2.00 bits per heavy atom. The molecule has 4 nitrogen and oxygen atoms in total. The van der Waals surface area contributed by atoms with Gasteiger partial charge in [-0.25, -0.2) is 4.39 Å². The van der Waals surface area contributed by atoms with Crippen molar-refractivity contribution in [3.8, 4) is 11.5 Å². The zero-order valence-electron chi connectivity index (χ0n) is 15.2. The maximum absolute atomic E-state index is 13.3. The van der Waals surface area contributed by atoms with Crippen molar-refractivity contribution in [1.29, 1.82) is 0 Å². The van der Waals surface area contributed by atoms with E-state index in [1.54, 1.807) is 0 Å². The molecule has 170 valence electrons. The van der Waals surface area contributed by atoms with E-state index in [0.717, 1.165) is 31.4 Å². The Morgan fingerprint density at radius 2 is 1.52 bits per heavy atom. The molecule has 2 aromatic rings. The van der Waals surface area contributed by atoms with Gasteiger partial charge in [-0.3, -0.25) is 4.79 Å². The van der Waals surface area contributed by atoms with Gasteiger partial charge in [0.05, 0.1) is 18.4 Å². The molecule has 0 spiro atoms. The van der Waals surface area contributed by atoms with Crippen molar-refractivity contribution in [2.24, 2.45) is 0 Å². The van der Waals surface area contributed by atoms with Crippen LogP contribution in [0.15, 0.2) is 42.5 Å². The number of amides is 1. The minimum absolute atomic E-state index is 0.109. The van der Waals surface area contributed by atoms with Gasteiger partial charge in [-0.05, 0) is 42.5 Å². The number of methoxy groups -OCH3 is 1. The number of ether oxygens (including phenoxy) is 2. The highest BCUT2D eigenvalue weighted by Gasteiger charge is 2.59. The first-order valence-electron chi connectivity index (χ1n) is 8.09. The molecule has 0 aliphatic carbocycles. The van der Waals surface area contributed by atoms with Gasteiger partial charge in [0.25, 0.3) is 12.1 Å². The van der Waals surface area contributed by atoms with Gasteiger partial charge < -0.3 is 14.8 Å². The number of carbonyl (C=O) groups is 1. The quantitative estimate of drug-likeness (QED) is 0.550. The number of nitrogens with one attached hydrogen (secondary N) is 1. The molecule has 0 heterocycles. The average Bonchev–Trinajstić information content (AvgIpc) is 2.66. The number of hydrogen-bond acceptors (Lipinski definition) is 3. The zero-order valence-corrected chi connectivity index (χ0v) is 15.2. The first-order valence-corrected chi connectivity index (χ1v) is 8.09. The first kappa shape index (κ1) is 24.2. The Hall–Kier alpha value is -3.12. The van der Waals surface area contributed by atoms with Crippen LogP contribution in [0.2, 0.25) is 0 Å². The van der Waals surface area contributed by atoms with E-state index in [1.165, 1.54) is 0 Å². The van der Waals surface area contributed by atoms with Gasteiger partial charge in [-0.1, -0.05) is 0 Å². The smallest absolute Gasteiger partial charge is 0.439 e. The minimum atomic E-state index is -5.87. The second-order valence-corrected chi connectivity index (χ2v) is 5.96. The Bertz CT molecular complexity index is 924. The van der Waals surface area contributed by atoms with Crippen LogP contribution in [-0.4, -0.2) is 31.5 Å². The third-order valence-electron chi connectivity index (χ3n) is 3.73. The average molecular weight is 461 g/mol. The third-order valence-corrected chi connectivity index (χ3v) is 3.73. The predicted molar refractivity (Wildman–Crippen MR) is 88.9 cm³/mol. The number of anilines is 1. The van der Waals surface area contributed by atoms with Crippen molar-refractivity contribution in [3.63, 3.8) is 0 Å². The zero-order chi connectivity index (χ0) is 23.6. The fraction of sp³-hybridized carbons (Fsp3) is 0.278. The number of carbonyl (C=O) groups excluding carboxylic acids is 1. The lowest BCUT2D eigenvalue weighted by atomic mass is 10.1. The topological polar surface area (TPSA) is 47.6 Å². The maximum Gasteiger partial charge on any atom is 0.439 e. The summed E-state index contributed by atoms with van der Waals surface area (Å²) in [5.41, 5.74) is -1.71. The van der Waals surface area contributed by atoms with Crippen molar-refractivity contribution in [2.45, 2.75) is 24.6 Å². The second-order valence-electron chi connectivity index (χ2n) is 5.96. The molecule has 1 unspecified atom stereocenters. The van der Waals surface area contributed by atoms with Crippen LogP contribution >= 0.6 is 0 Å². The molecule has 1 N–H and O–H groups in total. The van der Waals surface area contributed by atoms with Crippen LogP contribution in [0.3, 0.4) is 0 Å². The molecule has 1 atom stereocenters. The molecule has 13 heteroatoms. The van der Waals surface area contributed by atoms with E-state index < -0.39 is 41.9 Å². The number of benzene rings is 2. The first-order chi connectivity index (χ1) is 14.1. The summed E-state index contributed by atoms with van der Waals surface area (Å²) in [6, 6.07) is 5.28. The summed E-state index contributed by atoms with van der Waals surface area (Å²) in [6.07, 6.45) is -20.4. The van der Waals surface area contributed by atoms with Crippen molar-refractivity contribution in [1.82, 2.24) is 0 Å². The van der Waals surface area contributed by atoms with Crippen LogP contribution in [0.25, 0.3) is 0 Å². The van der Waals surface area contributed by atoms with Crippen molar-refractivity contribution in [2.75, 3.05) is 12.4 Å². The van der Waals surface area contributed by atoms with E-state index in [0.29, 0.717) is 18.2 Å². The highest BCUT2D eigenvalue weighted by atomic mass is 19.4. The maximum atomic E-state index is 13.3. The summed E-state index contributed by atoms with van der Waals surface area (Å²) >= 11 is 0. The molecule has 0 aliphatic heterocycles. The lowest BCUT2D eigenvalue weighted by Gasteiger charge is -2.23. The van der Waals surface area contributed by atoms with Gasteiger partial charge in [0.1, 0.15) is 11.5 Å². The number of alkyl halides is 9. The number of hydrogen-bond donors (Lipinski definition) is 1. The summed E-state index contributed by atoms with van der Waals surface area (Å²) in [5, 5.41) is 2.13. The van der Waals surface area contributed by atoms with Crippen LogP contribution in [-0.2, 0) is 6.18 Å².